The van der Waals surface area contributed by atoms with Gasteiger partial charge in [0, 0.05) is 17.8 Å². The van der Waals surface area contributed by atoms with Gasteiger partial charge in [0.1, 0.15) is 0 Å². The molecular formula is C8H13ClN2S. The van der Waals surface area contributed by atoms with E-state index in [-0.39, 0.29) is 0 Å². The van der Waals surface area contributed by atoms with Crippen molar-refractivity contribution in [3.63, 3.8) is 0 Å². The van der Waals surface area contributed by atoms with Gasteiger partial charge in [-0.1, -0.05) is 0 Å². The van der Waals surface area contributed by atoms with Crippen LogP contribution in [-0.2, 0) is 6.54 Å². The van der Waals surface area contributed by atoms with Gasteiger partial charge in [-0.2, -0.15) is 0 Å². The molecule has 1 N–H and O–H groups in total. The number of rotatable bonds is 5. The molecule has 0 saturated carbocycles. The number of hydrogen-bond acceptors (Lipinski definition) is 3. The highest BCUT2D eigenvalue weighted by atomic mass is 35.5. The van der Waals surface area contributed by atoms with E-state index in [1.807, 2.05) is 6.92 Å². The summed E-state index contributed by atoms with van der Waals surface area (Å²) in [6.45, 7) is 3.86. The predicted molar refractivity (Wildman–Crippen MR) is 53.9 cm³/mol. The maximum atomic E-state index is 5.53. The van der Waals surface area contributed by atoms with E-state index < -0.39 is 0 Å². The third kappa shape index (κ3) is 3.52. The van der Waals surface area contributed by atoms with Crippen LogP contribution in [0.4, 0.5) is 0 Å². The van der Waals surface area contributed by atoms with Crippen molar-refractivity contribution in [2.24, 2.45) is 0 Å². The van der Waals surface area contributed by atoms with E-state index in [9.17, 15) is 0 Å². The van der Waals surface area contributed by atoms with E-state index in [4.69, 9.17) is 11.6 Å². The summed E-state index contributed by atoms with van der Waals surface area (Å²) < 4.78 is 0. The van der Waals surface area contributed by atoms with Crippen LogP contribution >= 0.6 is 22.9 Å². The summed E-state index contributed by atoms with van der Waals surface area (Å²) in [5, 5.41) is 6.49. The predicted octanol–water partition coefficient (Wildman–Crippen LogP) is 2.17. The molecule has 68 valence electrons. The molecule has 0 fully saturated rings. The van der Waals surface area contributed by atoms with E-state index in [2.05, 4.69) is 15.7 Å². The summed E-state index contributed by atoms with van der Waals surface area (Å²) in [6.07, 6.45) is 1.02. The van der Waals surface area contributed by atoms with E-state index in [0.29, 0.717) is 0 Å². The smallest absolute Gasteiger partial charge is 0.0897 e. The fourth-order valence-electron chi connectivity index (χ4n) is 0.898. The standard InChI is InChI=1S/C8H13ClN2S/c1-7-11-8(6-12-7)5-10-4-2-3-9/h6,10H,2-5H2,1H3. The van der Waals surface area contributed by atoms with Crippen LogP contribution in [0.5, 0.6) is 0 Å². The summed E-state index contributed by atoms with van der Waals surface area (Å²) in [5.74, 6) is 0.725. The molecule has 0 radical (unpaired) electrons. The molecule has 0 aliphatic carbocycles. The number of aryl methyl sites for hydroxylation is 1. The Balaban J connectivity index is 2.15. The lowest BCUT2D eigenvalue weighted by atomic mass is 10.4. The number of hydrogen-bond donors (Lipinski definition) is 1. The average Bonchev–Trinajstić information content (AvgIpc) is 2.45. The number of aromatic nitrogens is 1. The van der Waals surface area contributed by atoms with E-state index in [0.717, 1.165) is 36.1 Å². The van der Waals surface area contributed by atoms with E-state index in [1.165, 1.54) is 0 Å². The number of alkyl halides is 1. The van der Waals surface area contributed by atoms with Gasteiger partial charge in [-0.3, -0.25) is 0 Å². The van der Waals surface area contributed by atoms with Crippen molar-refractivity contribution in [2.45, 2.75) is 19.9 Å². The molecule has 0 aliphatic heterocycles. The Morgan fingerprint density at radius 3 is 3.08 bits per heavy atom. The van der Waals surface area contributed by atoms with Crippen LogP contribution in [0.15, 0.2) is 5.38 Å². The zero-order valence-corrected chi connectivity index (χ0v) is 8.71. The molecule has 2 nitrogen and oxygen atoms in total. The van der Waals surface area contributed by atoms with Gasteiger partial charge in [-0.05, 0) is 19.9 Å². The highest BCUT2D eigenvalue weighted by Gasteiger charge is 1.96. The van der Waals surface area contributed by atoms with Crippen LogP contribution in [-0.4, -0.2) is 17.4 Å². The number of nitrogens with zero attached hydrogens (tertiary/aromatic N) is 1. The Morgan fingerprint density at radius 1 is 1.67 bits per heavy atom. The first-order valence-electron chi connectivity index (χ1n) is 4.00. The quantitative estimate of drug-likeness (QED) is 0.588. The molecular weight excluding hydrogens is 192 g/mol. The van der Waals surface area contributed by atoms with Gasteiger partial charge in [0.25, 0.3) is 0 Å². The lowest BCUT2D eigenvalue weighted by Crippen LogP contribution is -2.15. The molecule has 0 spiro atoms. The first-order valence-corrected chi connectivity index (χ1v) is 5.42. The molecule has 4 heteroatoms. The SMILES string of the molecule is Cc1nc(CNCCCCl)cs1. The van der Waals surface area contributed by atoms with Gasteiger partial charge < -0.3 is 5.32 Å². The van der Waals surface area contributed by atoms with Crippen LogP contribution in [0.1, 0.15) is 17.1 Å². The van der Waals surface area contributed by atoms with Gasteiger partial charge in [0.15, 0.2) is 0 Å². The largest absolute Gasteiger partial charge is 0.311 e. The third-order valence-electron chi connectivity index (χ3n) is 1.46. The van der Waals surface area contributed by atoms with Gasteiger partial charge in [0.2, 0.25) is 0 Å². The Hall–Kier alpha value is -0.120. The molecule has 0 aromatic carbocycles. The minimum atomic E-state index is 0.725. The molecule has 0 aliphatic rings. The van der Waals surface area contributed by atoms with E-state index >= 15 is 0 Å². The average molecular weight is 205 g/mol. The fourth-order valence-corrected chi connectivity index (χ4v) is 1.64. The lowest BCUT2D eigenvalue weighted by molar-refractivity contribution is 0.668. The van der Waals surface area contributed by atoms with Crippen molar-refractivity contribution in [2.75, 3.05) is 12.4 Å². The first kappa shape index (κ1) is 9.96. The molecule has 0 amide bonds. The number of thiazole rings is 1. The zero-order chi connectivity index (χ0) is 8.81. The van der Waals surface area contributed by atoms with Gasteiger partial charge in [-0.15, -0.1) is 22.9 Å². The fraction of sp³-hybridized carbons (Fsp3) is 0.625. The van der Waals surface area contributed by atoms with Gasteiger partial charge in [0.05, 0.1) is 10.7 Å². The highest BCUT2D eigenvalue weighted by molar-refractivity contribution is 7.09. The minimum Gasteiger partial charge on any atom is -0.311 e. The Kier molecular flexibility index (Phi) is 4.58. The second kappa shape index (κ2) is 5.51. The number of nitrogens with one attached hydrogen (secondary N) is 1. The Morgan fingerprint density at radius 2 is 2.50 bits per heavy atom. The van der Waals surface area contributed by atoms with Crippen LogP contribution < -0.4 is 5.32 Å². The summed E-state index contributed by atoms with van der Waals surface area (Å²) >= 11 is 7.22. The molecule has 0 bridgehead atoms. The first-order chi connectivity index (χ1) is 5.83. The summed E-state index contributed by atoms with van der Waals surface area (Å²) in [5.41, 5.74) is 1.13. The Bertz CT molecular complexity index is 225. The zero-order valence-electron chi connectivity index (χ0n) is 7.14. The van der Waals surface area contributed by atoms with E-state index in [1.54, 1.807) is 11.3 Å². The lowest BCUT2D eigenvalue weighted by Gasteiger charge is -1.98. The highest BCUT2D eigenvalue weighted by Crippen LogP contribution is 2.06. The molecule has 1 aromatic rings. The van der Waals surface area contributed by atoms with Crippen molar-refractivity contribution in [3.8, 4) is 0 Å². The molecule has 0 saturated heterocycles. The minimum absolute atomic E-state index is 0.725. The van der Waals surface area contributed by atoms with Crippen LogP contribution in [0.2, 0.25) is 0 Å². The molecule has 0 atom stereocenters. The van der Waals surface area contributed by atoms with Crippen molar-refractivity contribution >= 4 is 22.9 Å². The maximum Gasteiger partial charge on any atom is 0.0897 e. The topological polar surface area (TPSA) is 24.9 Å². The normalized spacial score (nSPS) is 10.5. The monoisotopic (exact) mass is 204 g/mol. The molecule has 1 aromatic heterocycles. The summed E-state index contributed by atoms with van der Waals surface area (Å²) in [6, 6.07) is 0. The van der Waals surface area contributed by atoms with Crippen molar-refractivity contribution in [1.82, 2.24) is 10.3 Å². The molecule has 0 unspecified atom stereocenters. The van der Waals surface area contributed by atoms with Crippen molar-refractivity contribution in [3.05, 3.63) is 16.1 Å². The van der Waals surface area contributed by atoms with Crippen LogP contribution in [0, 0.1) is 6.92 Å². The number of halogens is 1. The summed E-state index contributed by atoms with van der Waals surface area (Å²) in [4.78, 5) is 4.33. The van der Waals surface area contributed by atoms with Crippen molar-refractivity contribution in [1.29, 1.82) is 0 Å². The second-order valence-corrected chi connectivity index (χ2v) is 4.02. The summed E-state index contributed by atoms with van der Waals surface area (Å²) in [7, 11) is 0. The van der Waals surface area contributed by atoms with Gasteiger partial charge in [-0.25, -0.2) is 4.98 Å². The van der Waals surface area contributed by atoms with Crippen molar-refractivity contribution < 1.29 is 0 Å². The molecule has 12 heavy (non-hydrogen) atoms. The molecule has 1 rings (SSSR count). The van der Waals surface area contributed by atoms with Crippen LogP contribution in [0.25, 0.3) is 0 Å². The van der Waals surface area contributed by atoms with Gasteiger partial charge >= 0.3 is 0 Å². The maximum absolute atomic E-state index is 5.53. The molecule has 1 heterocycles. The van der Waals surface area contributed by atoms with Crippen LogP contribution in [0.3, 0.4) is 0 Å². The third-order valence-corrected chi connectivity index (χ3v) is 2.55. The Labute approximate surface area is 82.0 Å². The second-order valence-electron chi connectivity index (χ2n) is 2.58.